The Bertz CT molecular complexity index is 1890. The van der Waals surface area contributed by atoms with Gasteiger partial charge >= 0.3 is 12.2 Å². The van der Waals surface area contributed by atoms with E-state index in [9.17, 15) is 9.18 Å². The summed E-state index contributed by atoms with van der Waals surface area (Å²) in [5, 5.41) is 8.67. The third kappa shape index (κ3) is 4.56. The number of aromatic amines is 1. The first-order valence-corrected chi connectivity index (χ1v) is 16.4. The van der Waals surface area contributed by atoms with E-state index < -0.39 is 29.8 Å². The van der Waals surface area contributed by atoms with Crippen molar-refractivity contribution in [2.45, 2.75) is 62.3 Å². The van der Waals surface area contributed by atoms with E-state index in [0.29, 0.717) is 71.6 Å². The number of anilines is 1. The van der Waals surface area contributed by atoms with Gasteiger partial charge in [0.15, 0.2) is 5.82 Å². The molecule has 4 fully saturated rings. The minimum Gasteiger partial charge on any atom is -0.461 e. The van der Waals surface area contributed by atoms with E-state index in [4.69, 9.17) is 35.8 Å². The summed E-state index contributed by atoms with van der Waals surface area (Å²) in [4.78, 5) is 31.0. The van der Waals surface area contributed by atoms with E-state index in [-0.39, 0.29) is 42.3 Å². The number of carbonyl (C=O) groups excluding carboxylic acids is 1. The van der Waals surface area contributed by atoms with Gasteiger partial charge in [-0.3, -0.25) is 15.0 Å². The number of piperidine rings is 1. The van der Waals surface area contributed by atoms with Gasteiger partial charge in [0.05, 0.1) is 35.8 Å². The number of hydrogen-bond donors (Lipinski definition) is 1. The molecule has 4 aromatic rings. The molecule has 5 aliphatic heterocycles. The van der Waals surface area contributed by atoms with Gasteiger partial charge in [-0.15, -0.1) is 0 Å². The van der Waals surface area contributed by atoms with Crippen LogP contribution in [0, 0.1) is 11.7 Å². The van der Waals surface area contributed by atoms with Crippen LogP contribution in [0.5, 0.6) is 6.01 Å². The molecule has 0 radical (unpaired) electrons. The Labute approximate surface area is 267 Å². The summed E-state index contributed by atoms with van der Waals surface area (Å²) in [5.74, 6) is -0.272. The molecule has 46 heavy (non-hydrogen) atoms. The molecule has 0 amide bonds. The standard InChI is InChI=1S/C32H32ClF2N7O4/c33-22-8-23-20(11-37-40-23)25-24(22)19-7-16(19)14-44-31(43)46-18-3-1-5-41(13-18)29-21-10-36-28(25)26(35)27(21)38-30(39-29)45-15-32-4-2-6-42(32)12-17(34)9-32/h8,10-11,16-19H,1-7,9,12-15H2,(H,37,40)/t16-,17+,18+,19-,32-/m0/s1. The fraction of sp³-hybridized carbons (Fsp3) is 0.531. The highest BCUT2D eigenvalue weighted by Crippen LogP contribution is 2.54. The second-order valence-corrected chi connectivity index (χ2v) is 13.8. The van der Waals surface area contributed by atoms with Gasteiger partial charge < -0.3 is 19.1 Å². The predicted octanol–water partition coefficient (Wildman–Crippen LogP) is 5.55. The Balaban J connectivity index is 1.22. The molecule has 0 unspecified atom stereocenters. The lowest BCUT2D eigenvalue weighted by Gasteiger charge is -2.34. The number of benzene rings is 1. The number of H-pyrrole nitrogens is 1. The molecule has 3 saturated heterocycles. The lowest BCUT2D eigenvalue weighted by atomic mass is 9.94. The van der Waals surface area contributed by atoms with Crippen molar-refractivity contribution in [3.8, 4) is 17.3 Å². The smallest absolute Gasteiger partial charge is 0.461 e. The molecule has 6 bridgehead atoms. The van der Waals surface area contributed by atoms with Gasteiger partial charge in [0, 0.05) is 47.6 Å². The van der Waals surface area contributed by atoms with E-state index in [1.165, 1.54) is 0 Å². The Morgan fingerprint density at radius 1 is 1.17 bits per heavy atom. The molecule has 8 heterocycles. The Morgan fingerprint density at radius 2 is 2.09 bits per heavy atom. The van der Waals surface area contributed by atoms with Gasteiger partial charge in [0.1, 0.15) is 35.9 Å². The van der Waals surface area contributed by atoms with Gasteiger partial charge in [-0.05, 0) is 56.2 Å². The third-order valence-corrected chi connectivity index (χ3v) is 10.8. The maximum atomic E-state index is 17.0. The molecule has 240 valence electrons. The van der Waals surface area contributed by atoms with Crippen molar-refractivity contribution in [3.05, 3.63) is 34.9 Å². The maximum absolute atomic E-state index is 17.0. The minimum absolute atomic E-state index is 0.00427. The summed E-state index contributed by atoms with van der Waals surface area (Å²) in [6.07, 6.45) is 5.43. The van der Waals surface area contributed by atoms with Crippen molar-refractivity contribution in [1.82, 2.24) is 30.0 Å². The molecule has 11 nitrogen and oxygen atoms in total. The van der Waals surface area contributed by atoms with E-state index >= 15 is 4.39 Å². The van der Waals surface area contributed by atoms with Crippen LogP contribution in [0.1, 0.15) is 50.0 Å². The molecule has 0 spiro atoms. The third-order valence-electron chi connectivity index (χ3n) is 10.5. The number of aromatic nitrogens is 5. The van der Waals surface area contributed by atoms with Gasteiger partial charge in [-0.1, -0.05) is 11.6 Å². The number of nitrogens with zero attached hydrogens (tertiary/aromatic N) is 6. The quantitative estimate of drug-likeness (QED) is 0.282. The zero-order valence-electron chi connectivity index (χ0n) is 25.0. The summed E-state index contributed by atoms with van der Waals surface area (Å²) < 4.78 is 49.1. The van der Waals surface area contributed by atoms with Crippen molar-refractivity contribution in [3.63, 3.8) is 0 Å². The highest BCUT2D eigenvalue weighted by Gasteiger charge is 2.49. The van der Waals surface area contributed by atoms with Crippen LogP contribution >= 0.6 is 11.6 Å². The Hall–Kier alpha value is -3.84. The van der Waals surface area contributed by atoms with E-state index in [2.05, 4.69) is 20.1 Å². The van der Waals surface area contributed by atoms with Crippen LogP contribution in [0.2, 0.25) is 5.02 Å². The van der Waals surface area contributed by atoms with Crippen LogP contribution in [0.15, 0.2) is 18.5 Å². The molecule has 6 aliphatic rings. The van der Waals surface area contributed by atoms with Crippen LogP contribution in [-0.4, -0.2) is 93.4 Å². The molecule has 1 saturated carbocycles. The van der Waals surface area contributed by atoms with Crippen molar-refractivity contribution >= 4 is 45.4 Å². The Kier molecular flexibility index (Phi) is 6.54. The maximum Gasteiger partial charge on any atom is 0.508 e. The van der Waals surface area contributed by atoms with Crippen molar-refractivity contribution in [2.75, 3.05) is 44.3 Å². The van der Waals surface area contributed by atoms with Gasteiger partial charge in [0.25, 0.3) is 0 Å². The van der Waals surface area contributed by atoms with Crippen LogP contribution in [0.4, 0.5) is 19.4 Å². The molecular formula is C32H32ClF2N7O4. The van der Waals surface area contributed by atoms with Crippen LogP contribution in [0.25, 0.3) is 33.1 Å². The lowest BCUT2D eigenvalue weighted by Crippen LogP contribution is -2.43. The van der Waals surface area contributed by atoms with Crippen molar-refractivity contribution in [2.24, 2.45) is 5.92 Å². The monoisotopic (exact) mass is 651 g/mol. The number of alkyl halides is 1. The van der Waals surface area contributed by atoms with Gasteiger partial charge in [0.2, 0.25) is 0 Å². The summed E-state index contributed by atoms with van der Waals surface area (Å²) in [7, 11) is 0. The highest BCUT2D eigenvalue weighted by atomic mass is 35.5. The van der Waals surface area contributed by atoms with Crippen LogP contribution in [0.3, 0.4) is 0 Å². The average molecular weight is 652 g/mol. The number of nitrogens with one attached hydrogen (secondary N) is 1. The predicted molar refractivity (Wildman–Crippen MR) is 164 cm³/mol. The van der Waals surface area contributed by atoms with E-state index in [0.717, 1.165) is 31.4 Å². The zero-order valence-corrected chi connectivity index (χ0v) is 25.7. The van der Waals surface area contributed by atoms with E-state index in [1.54, 1.807) is 18.5 Å². The lowest BCUT2D eigenvalue weighted by molar-refractivity contribution is 0.0165. The molecule has 3 aromatic heterocycles. The number of halogens is 3. The van der Waals surface area contributed by atoms with Gasteiger partial charge in [-0.2, -0.15) is 15.1 Å². The number of carbonyl (C=O) groups is 1. The second-order valence-electron chi connectivity index (χ2n) is 13.3. The van der Waals surface area contributed by atoms with Crippen LogP contribution < -0.4 is 9.64 Å². The molecule has 1 aliphatic carbocycles. The summed E-state index contributed by atoms with van der Waals surface area (Å²) in [6, 6.07) is 1.79. The SMILES string of the molecule is O=C1OC[C@@H]2C[C@@H]2c2c(Cl)cc3[nH]ncc3c2-c2ncc3c(nc(OC[C@@]45CCCN4C[C@H](F)C5)nc3c2F)N2CCC[C@H](C2)O1. The molecule has 10 rings (SSSR count). The van der Waals surface area contributed by atoms with Crippen LogP contribution in [-0.2, 0) is 9.47 Å². The number of pyridine rings is 1. The van der Waals surface area contributed by atoms with Gasteiger partial charge in [-0.25, -0.2) is 13.6 Å². The normalized spacial score (nSPS) is 29.1. The first-order chi connectivity index (χ1) is 22.4. The summed E-state index contributed by atoms with van der Waals surface area (Å²) in [6.45, 7) is 2.52. The van der Waals surface area contributed by atoms with E-state index in [1.807, 2.05) is 4.90 Å². The molecule has 1 N–H and O–H groups in total. The highest BCUT2D eigenvalue weighted by molar-refractivity contribution is 6.33. The number of hydrogen-bond acceptors (Lipinski definition) is 10. The number of rotatable bonds is 3. The second kappa shape index (κ2) is 10.6. The topological polar surface area (TPSA) is 119 Å². The molecule has 5 atom stereocenters. The largest absolute Gasteiger partial charge is 0.508 e. The molecular weight excluding hydrogens is 620 g/mol. The summed E-state index contributed by atoms with van der Waals surface area (Å²) in [5.41, 5.74) is 1.62. The minimum atomic E-state index is -0.912. The fourth-order valence-electron chi connectivity index (χ4n) is 8.20. The first kappa shape index (κ1) is 28.4. The Morgan fingerprint density at radius 3 is 3.00 bits per heavy atom. The summed E-state index contributed by atoms with van der Waals surface area (Å²) >= 11 is 6.87. The number of ether oxygens (including phenoxy) is 3. The zero-order chi connectivity index (χ0) is 31.2. The molecule has 14 heteroatoms. The van der Waals surface area contributed by atoms with Crippen molar-refractivity contribution in [1.29, 1.82) is 0 Å². The fourth-order valence-corrected chi connectivity index (χ4v) is 8.54. The number of fused-ring (bicyclic) bond motifs is 6. The molecule has 1 aromatic carbocycles. The average Bonchev–Trinajstić information content (AvgIpc) is 3.29. The van der Waals surface area contributed by atoms with Crippen molar-refractivity contribution < 1.29 is 27.8 Å². The first-order valence-electron chi connectivity index (χ1n) is 16.0.